The van der Waals surface area contributed by atoms with Gasteiger partial charge in [-0.1, -0.05) is 48.0 Å². The maximum absolute atomic E-state index is 12.7. The molecule has 5 heteroatoms. The minimum atomic E-state index is -0.111. The molecule has 0 saturated carbocycles. The number of carbonyl (C=O) groups is 1. The van der Waals surface area contributed by atoms with Crippen molar-refractivity contribution in [3.8, 4) is 0 Å². The smallest absolute Gasteiger partial charge is 0.251 e. The molecule has 0 radical (unpaired) electrons. The Morgan fingerprint density at radius 2 is 1.83 bits per heavy atom. The van der Waals surface area contributed by atoms with Gasteiger partial charge in [0.1, 0.15) is 0 Å². The minimum Gasteiger partial charge on any atom is -0.378 e. The van der Waals surface area contributed by atoms with Crippen LogP contribution in [0.1, 0.15) is 27.5 Å². The fourth-order valence-electron chi connectivity index (χ4n) is 4.01. The van der Waals surface area contributed by atoms with Crippen LogP contribution in [0, 0.1) is 0 Å². The van der Waals surface area contributed by atoms with E-state index in [-0.39, 0.29) is 11.9 Å². The number of hydrogen-bond acceptors (Lipinski definition) is 3. The van der Waals surface area contributed by atoms with Crippen molar-refractivity contribution in [2.75, 3.05) is 37.0 Å². The summed E-state index contributed by atoms with van der Waals surface area (Å²) in [5.74, 6) is -0.111. The van der Waals surface area contributed by atoms with Crippen LogP contribution in [0.25, 0.3) is 0 Å². The third-order valence-electron chi connectivity index (χ3n) is 5.64. The molecule has 1 amide bonds. The van der Waals surface area contributed by atoms with E-state index in [4.69, 9.17) is 11.6 Å². The molecule has 3 aromatic carbocycles. The zero-order valence-corrected chi connectivity index (χ0v) is 18.1. The second-order valence-electron chi connectivity index (χ2n) is 7.79. The number of hydrogen-bond donors (Lipinski definition) is 1. The molecule has 0 saturated heterocycles. The molecule has 4 rings (SSSR count). The number of nitrogens with one attached hydrogen (secondary N) is 1. The summed E-state index contributed by atoms with van der Waals surface area (Å²) in [4.78, 5) is 17.2. The van der Waals surface area contributed by atoms with Gasteiger partial charge in [-0.05, 0) is 53.9 Å². The van der Waals surface area contributed by atoms with Crippen LogP contribution in [0.15, 0.2) is 72.8 Å². The van der Waals surface area contributed by atoms with E-state index in [1.54, 1.807) is 24.3 Å². The zero-order valence-electron chi connectivity index (χ0n) is 17.3. The first kappa shape index (κ1) is 20.3. The monoisotopic (exact) mass is 419 g/mol. The maximum Gasteiger partial charge on any atom is 0.251 e. The lowest BCUT2D eigenvalue weighted by Gasteiger charge is -2.31. The van der Waals surface area contributed by atoms with Crippen molar-refractivity contribution >= 4 is 28.9 Å². The predicted molar refractivity (Wildman–Crippen MR) is 125 cm³/mol. The van der Waals surface area contributed by atoms with Crippen molar-refractivity contribution in [2.45, 2.75) is 12.5 Å². The first-order chi connectivity index (χ1) is 14.5. The van der Waals surface area contributed by atoms with Gasteiger partial charge in [0, 0.05) is 49.1 Å². The first-order valence-corrected chi connectivity index (χ1v) is 10.6. The Labute approximate surface area is 183 Å². The molecule has 0 fully saturated rings. The topological polar surface area (TPSA) is 35.6 Å². The number of para-hydroxylation sites is 1. The van der Waals surface area contributed by atoms with Crippen LogP contribution < -0.4 is 15.1 Å². The van der Waals surface area contributed by atoms with Crippen molar-refractivity contribution in [1.82, 2.24) is 5.32 Å². The molecular weight excluding hydrogens is 394 g/mol. The summed E-state index contributed by atoms with van der Waals surface area (Å²) in [5.41, 5.74) is 5.52. The number of anilines is 2. The van der Waals surface area contributed by atoms with Crippen LogP contribution in [-0.2, 0) is 6.42 Å². The molecule has 3 aromatic rings. The molecule has 0 aliphatic carbocycles. The molecule has 1 N–H and O–H groups in total. The highest BCUT2D eigenvalue weighted by Crippen LogP contribution is 2.35. The van der Waals surface area contributed by atoms with Crippen LogP contribution >= 0.6 is 11.6 Å². The molecule has 154 valence electrons. The molecule has 0 unspecified atom stereocenters. The van der Waals surface area contributed by atoms with Gasteiger partial charge in [0.05, 0.1) is 6.04 Å². The Morgan fingerprint density at radius 1 is 1.07 bits per heavy atom. The normalized spacial score (nSPS) is 13.6. The standard InChI is InChI=1S/C25H26ClN3O/c1-28(2)22-12-10-19(11-13-22)24(29-15-14-18-6-3-4-9-23(18)29)17-27-25(30)20-7-5-8-21(26)16-20/h3-13,16,24H,14-15,17H2,1-2H3,(H,27,30)/t24-/m0/s1. The van der Waals surface area contributed by atoms with Crippen LogP contribution in [0.5, 0.6) is 0 Å². The number of benzene rings is 3. The van der Waals surface area contributed by atoms with Crippen molar-refractivity contribution in [2.24, 2.45) is 0 Å². The van der Waals surface area contributed by atoms with E-state index < -0.39 is 0 Å². The molecule has 1 aliphatic heterocycles. The van der Waals surface area contributed by atoms with Gasteiger partial charge < -0.3 is 15.1 Å². The van der Waals surface area contributed by atoms with Gasteiger partial charge in [0.25, 0.3) is 5.91 Å². The second-order valence-corrected chi connectivity index (χ2v) is 8.23. The molecule has 30 heavy (non-hydrogen) atoms. The van der Waals surface area contributed by atoms with Gasteiger partial charge in [-0.25, -0.2) is 0 Å². The summed E-state index contributed by atoms with van der Waals surface area (Å²) in [6, 6.07) is 24.2. The minimum absolute atomic E-state index is 0.0491. The summed E-state index contributed by atoms with van der Waals surface area (Å²) >= 11 is 6.06. The number of carbonyl (C=O) groups excluding carboxylic acids is 1. The highest BCUT2D eigenvalue weighted by Gasteiger charge is 2.27. The Hall–Kier alpha value is -2.98. The Balaban J connectivity index is 1.60. The zero-order chi connectivity index (χ0) is 21.1. The number of halogens is 1. The summed E-state index contributed by atoms with van der Waals surface area (Å²) in [7, 11) is 4.07. The van der Waals surface area contributed by atoms with Crippen molar-refractivity contribution in [3.63, 3.8) is 0 Å². The molecule has 1 atom stereocenters. The van der Waals surface area contributed by atoms with Gasteiger partial charge in [0.2, 0.25) is 0 Å². The van der Waals surface area contributed by atoms with E-state index in [2.05, 4.69) is 63.6 Å². The number of nitrogens with zero attached hydrogens (tertiary/aromatic N) is 2. The van der Waals surface area contributed by atoms with Gasteiger partial charge in [-0.2, -0.15) is 0 Å². The SMILES string of the molecule is CN(C)c1ccc([C@H](CNC(=O)c2cccc(Cl)c2)N2CCc3ccccc32)cc1. The Morgan fingerprint density at radius 3 is 2.57 bits per heavy atom. The molecule has 0 aromatic heterocycles. The summed E-state index contributed by atoms with van der Waals surface area (Å²) in [6.07, 6.45) is 1.02. The van der Waals surface area contributed by atoms with Crippen molar-refractivity contribution < 1.29 is 4.79 Å². The summed E-state index contributed by atoms with van der Waals surface area (Å²) in [5, 5.41) is 3.68. The molecule has 0 bridgehead atoms. The number of rotatable bonds is 6. The maximum atomic E-state index is 12.7. The van der Waals surface area contributed by atoms with Gasteiger partial charge in [-0.3, -0.25) is 4.79 Å². The second kappa shape index (κ2) is 8.80. The lowest BCUT2D eigenvalue weighted by atomic mass is 10.0. The summed E-state index contributed by atoms with van der Waals surface area (Å²) in [6.45, 7) is 1.45. The highest BCUT2D eigenvalue weighted by molar-refractivity contribution is 6.30. The van der Waals surface area contributed by atoms with Gasteiger partial charge >= 0.3 is 0 Å². The van der Waals surface area contributed by atoms with Gasteiger partial charge in [-0.15, -0.1) is 0 Å². The number of fused-ring (bicyclic) bond motifs is 1. The average molecular weight is 420 g/mol. The molecular formula is C25H26ClN3O. The largest absolute Gasteiger partial charge is 0.378 e. The third-order valence-corrected chi connectivity index (χ3v) is 5.87. The molecule has 4 nitrogen and oxygen atoms in total. The highest BCUT2D eigenvalue weighted by atomic mass is 35.5. The molecule has 1 aliphatic rings. The Kier molecular flexibility index (Phi) is 5.96. The predicted octanol–water partition coefficient (Wildman–Crippen LogP) is 4.94. The van der Waals surface area contributed by atoms with E-state index >= 15 is 0 Å². The average Bonchev–Trinajstić information content (AvgIpc) is 3.18. The fourth-order valence-corrected chi connectivity index (χ4v) is 4.20. The Bertz CT molecular complexity index is 1030. The van der Waals surface area contributed by atoms with E-state index in [9.17, 15) is 4.79 Å². The van der Waals surface area contributed by atoms with Crippen LogP contribution in [-0.4, -0.2) is 33.1 Å². The van der Waals surface area contributed by atoms with E-state index in [0.717, 1.165) is 18.7 Å². The summed E-state index contributed by atoms with van der Waals surface area (Å²) < 4.78 is 0. The van der Waals surface area contributed by atoms with Crippen molar-refractivity contribution in [3.05, 3.63) is 94.5 Å². The molecule has 1 heterocycles. The fraction of sp³-hybridized carbons (Fsp3) is 0.240. The van der Waals surface area contributed by atoms with Crippen molar-refractivity contribution in [1.29, 1.82) is 0 Å². The van der Waals surface area contributed by atoms with E-state index in [1.165, 1.54) is 16.8 Å². The van der Waals surface area contributed by atoms with Crippen LogP contribution in [0.2, 0.25) is 5.02 Å². The molecule has 0 spiro atoms. The first-order valence-electron chi connectivity index (χ1n) is 10.2. The third kappa shape index (κ3) is 4.29. The van der Waals surface area contributed by atoms with Gasteiger partial charge in [0.15, 0.2) is 0 Å². The van der Waals surface area contributed by atoms with Crippen LogP contribution in [0.4, 0.5) is 11.4 Å². The number of amides is 1. The van der Waals surface area contributed by atoms with E-state index in [1.807, 2.05) is 14.1 Å². The van der Waals surface area contributed by atoms with Crippen LogP contribution in [0.3, 0.4) is 0 Å². The lowest BCUT2D eigenvalue weighted by molar-refractivity contribution is 0.0951. The van der Waals surface area contributed by atoms with E-state index in [0.29, 0.717) is 17.1 Å². The lowest BCUT2D eigenvalue weighted by Crippen LogP contribution is -2.37. The quantitative estimate of drug-likeness (QED) is 0.614.